The highest BCUT2D eigenvalue weighted by Crippen LogP contribution is 2.19. The van der Waals surface area contributed by atoms with Gasteiger partial charge in [0.15, 0.2) is 0 Å². The molecular weight excluding hydrogens is 236 g/mol. The van der Waals surface area contributed by atoms with E-state index in [-0.39, 0.29) is 12.6 Å². The van der Waals surface area contributed by atoms with Gasteiger partial charge in [-0.05, 0) is 18.6 Å². The highest BCUT2D eigenvalue weighted by atomic mass is 35.5. The lowest BCUT2D eigenvalue weighted by Crippen LogP contribution is -2.56. The molecule has 1 aromatic carbocycles. The molecule has 0 aliphatic carbocycles. The summed E-state index contributed by atoms with van der Waals surface area (Å²) in [5.41, 5.74) is 1.13. The fraction of sp³-hybridized carbons (Fsp3) is 0.538. The Bertz CT molecular complexity index is 372. The van der Waals surface area contributed by atoms with Gasteiger partial charge in [0.1, 0.15) is 0 Å². The Morgan fingerprint density at radius 1 is 1.47 bits per heavy atom. The third-order valence-corrected chi connectivity index (χ3v) is 3.64. The largest absolute Gasteiger partial charge is 0.395 e. The van der Waals surface area contributed by atoms with Gasteiger partial charge in [-0.3, -0.25) is 4.90 Å². The van der Waals surface area contributed by atoms with Crippen LogP contribution in [-0.4, -0.2) is 41.8 Å². The van der Waals surface area contributed by atoms with E-state index in [1.807, 2.05) is 24.3 Å². The minimum Gasteiger partial charge on any atom is -0.395 e. The van der Waals surface area contributed by atoms with E-state index in [2.05, 4.69) is 17.1 Å². The van der Waals surface area contributed by atoms with Crippen molar-refractivity contribution in [3.8, 4) is 0 Å². The maximum absolute atomic E-state index is 9.38. The number of benzene rings is 1. The number of aliphatic hydroxyl groups excluding tert-OH is 1. The lowest BCUT2D eigenvalue weighted by atomic mass is 10.1. The Balaban J connectivity index is 2.07. The Hall–Kier alpha value is -0.610. The summed E-state index contributed by atoms with van der Waals surface area (Å²) in [6.45, 7) is 4.92. The average molecular weight is 255 g/mol. The van der Waals surface area contributed by atoms with Gasteiger partial charge in [0.05, 0.1) is 6.61 Å². The van der Waals surface area contributed by atoms with Crippen molar-refractivity contribution in [2.24, 2.45) is 0 Å². The van der Waals surface area contributed by atoms with Gasteiger partial charge in [0.2, 0.25) is 0 Å². The molecule has 1 aliphatic rings. The van der Waals surface area contributed by atoms with Gasteiger partial charge in [0.25, 0.3) is 0 Å². The van der Waals surface area contributed by atoms with Gasteiger partial charge >= 0.3 is 0 Å². The normalized spacial score (nSPS) is 26.1. The minimum absolute atomic E-state index is 0.183. The standard InChI is InChI=1S/C13H19ClN2O/c1-10-7-16(12(9-17)6-15-10)8-11-4-2-3-5-13(11)14/h2-5,10,12,15,17H,6-9H2,1H3. The first kappa shape index (κ1) is 12.8. The van der Waals surface area contributed by atoms with Crippen molar-refractivity contribution in [2.45, 2.75) is 25.6 Å². The van der Waals surface area contributed by atoms with Gasteiger partial charge in [-0.25, -0.2) is 0 Å². The topological polar surface area (TPSA) is 35.5 Å². The first-order chi connectivity index (χ1) is 8.20. The van der Waals surface area contributed by atoms with Crippen LogP contribution >= 0.6 is 11.6 Å². The Kier molecular flexibility index (Phi) is 4.40. The van der Waals surface area contributed by atoms with E-state index in [4.69, 9.17) is 11.6 Å². The van der Waals surface area contributed by atoms with Crippen LogP contribution in [0.3, 0.4) is 0 Å². The number of aliphatic hydroxyl groups is 1. The molecule has 94 valence electrons. The summed E-state index contributed by atoms with van der Waals surface area (Å²) in [5.74, 6) is 0. The van der Waals surface area contributed by atoms with E-state index in [1.54, 1.807) is 0 Å². The van der Waals surface area contributed by atoms with Crippen LogP contribution in [0, 0.1) is 0 Å². The molecule has 0 saturated carbocycles. The monoisotopic (exact) mass is 254 g/mol. The molecule has 0 spiro atoms. The Morgan fingerprint density at radius 3 is 2.94 bits per heavy atom. The molecule has 1 aliphatic heterocycles. The predicted molar refractivity (Wildman–Crippen MR) is 70.2 cm³/mol. The average Bonchev–Trinajstić information content (AvgIpc) is 2.32. The molecule has 2 rings (SSSR count). The van der Waals surface area contributed by atoms with Gasteiger partial charge in [-0.2, -0.15) is 0 Å². The molecule has 1 heterocycles. The van der Waals surface area contributed by atoms with Gasteiger partial charge in [-0.15, -0.1) is 0 Å². The number of piperazine rings is 1. The molecule has 0 amide bonds. The lowest BCUT2D eigenvalue weighted by molar-refractivity contribution is 0.0781. The molecule has 17 heavy (non-hydrogen) atoms. The SMILES string of the molecule is CC1CN(Cc2ccccc2Cl)C(CO)CN1. The molecule has 3 nitrogen and oxygen atoms in total. The zero-order chi connectivity index (χ0) is 12.3. The summed E-state index contributed by atoms with van der Waals surface area (Å²) in [5, 5.41) is 13.6. The van der Waals surface area contributed by atoms with Crippen molar-refractivity contribution in [3.63, 3.8) is 0 Å². The smallest absolute Gasteiger partial charge is 0.0599 e. The van der Waals surface area contributed by atoms with Crippen LogP contribution < -0.4 is 5.32 Å². The molecule has 1 fully saturated rings. The van der Waals surface area contributed by atoms with Crippen molar-refractivity contribution in [1.29, 1.82) is 0 Å². The first-order valence-electron chi connectivity index (χ1n) is 6.02. The second-order valence-corrected chi connectivity index (χ2v) is 5.07. The zero-order valence-corrected chi connectivity index (χ0v) is 10.8. The predicted octanol–water partition coefficient (Wildman–Crippen LogP) is 1.49. The molecule has 1 saturated heterocycles. The number of hydrogen-bond acceptors (Lipinski definition) is 3. The molecule has 4 heteroatoms. The van der Waals surface area contributed by atoms with Crippen LogP contribution in [0.15, 0.2) is 24.3 Å². The molecule has 1 aromatic rings. The van der Waals surface area contributed by atoms with Crippen molar-refractivity contribution in [3.05, 3.63) is 34.9 Å². The summed E-state index contributed by atoms with van der Waals surface area (Å²) in [4.78, 5) is 2.29. The third-order valence-electron chi connectivity index (χ3n) is 3.27. The summed E-state index contributed by atoms with van der Waals surface area (Å²) in [7, 11) is 0. The second kappa shape index (κ2) is 5.83. The summed E-state index contributed by atoms with van der Waals surface area (Å²) >= 11 is 6.17. The van der Waals surface area contributed by atoms with Gasteiger partial charge in [-0.1, -0.05) is 29.8 Å². The number of hydrogen-bond donors (Lipinski definition) is 2. The lowest BCUT2D eigenvalue weighted by Gasteiger charge is -2.38. The molecule has 0 bridgehead atoms. The van der Waals surface area contributed by atoms with Crippen LogP contribution in [0.5, 0.6) is 0 Å². The quantitative estimate of drug-likeness (QED) is 0.858. The molecule has 0 aromatic heterocycles. The third kappa shape index (κ3) is 3.19. The van der Waals surface area contributed by atoms with Crippen LogP contribution in [0.4, 0.5) is 0 Å². The fourth-order valence-electron chi connectivity index (χ4n) is 2.25. The Labute approximate surface area is 107 Å². The molecule has 0 radical (unpaired) electrons. The maximum Gasteiger partial charge on any atom is 0.0599 e. The minimum atomic E-state index is 0.183. The first-order valence-corrected chi connectivity index (χ1v) is 6.40. The van der Waals surface area contributed by atoms with Crippen molar-refractivity contribution in [2.75, 3.05) is 19.7 Å². The van der Waals surface area contributed by atoms with Gasteiger partial charge < -0.3 is 10.4 Å². The number of nitrogens with one attached hydrogen (secondary N) is 1. The van der Waals surface area contributed by atoms with E-state index < -0.39 is 0 Å². The van der Waals surface area contributed by atoms with Crippen LogP contribution in [0.2, 0.25) is 5.02 Å². The number of nitrogens with zero attached hydrogens (tertiary/aromatic N) is 1. The fourth-order valence-corrected chi connectivity index (χ4v) is 2.45. The second-order valence-electron chi connectivity index (χ2n) is 4.67. The van der Waals surface area contributed by atoms with E-state index in [0.717, 1.165) is 30.2 Å². The molecule has 2 N–H and O–H groups in total. The summed E-state index contributed by atoms with van der Waals surface area (Å²) in [6, 6.07) is 8.54. The summed E-state index contributed by atoms with van der Waals surface area (Å²) in [6.07, 6.45) is 0. The number of rotatable bonds is 3. The van der Waals surface area contributed by atoms with E-state index in [0.29, 0.717) is 6.04 Å². The van der Waals surface area contributed by atoms with E-state index >= 15 is 0 Å². The Morgan fingerprint density at radius 2 is 2.24 bits per heavy atom. The molecular formula is C13H19ClN2O. The van der Waals surface area contributed by atoms with Crippen molar-refractivity contribution in [1.82, 2.24) is 10.2 Å². The number of halogens is 1. The van der Waals surface area contributed by atoms with Crippen molar-refractivity contribution < 1.29 is 5.11 Å². The van der Waals surface area contributed by atoms with Crippen LogP contribution in [0.25, 0.3) is 0 Å². The highest BCUT2D eigenvalue weighted by Gasteiger charge is 2.25. The zero-order valence-electron chi connectivity index (χ0n) is 10.1. The van der Waals surface area contributed by atoms with Crippen LogP contribution in [0.1, 0.15) is 12.5 Å². The van der Waals surface area contributed by atoms with E-state index in [9.17, 15) is 5.11 Å². The van der Waals surface area contributed by atoms with E-state index in [1.165, 1.54) is 0 Å². The van der Waals surface area contributed by atoms with Crippen LogP contribution in [-0.2, 0) is 6.54 Å². The summed E-state index contributed by atoms with van der Waals surface area (Å²) < 4.78 is 0. The van der Waals surface area contributed by atoms with Crippen molar-refractivity contribution >= 4 is 11.6 Å². The molecule has 2 unspecified atom stereocenters. The van der Waals surface area contributed by atoms with Gasteiger partial charge in [0, 0.05) is 36.7 Å². The molecule has 2 atom stereocenters. The maximum atomic E-state index is 9.38. The highest BCUT2D eigenvalue weighted by molar-refractivity contribution is 6.31.